The monoisotopic (exact) mass is 507 g/mol. The SMILES string of the molecule is COc1ccc(COc2ccc(/C=N/NC(=O)C(CC(C)C)NC(=O)c3ccc(Cl)cc3)cc2)cc1. The first-order valence-electron chi connectivity index (χ1n) is 11.6. The van der Waals surface area contributed by atoms with Crippen LogP contribution in [-0.4, -0.2) is 31.2 Å². The minimum Gasteiger partial charge on any atom is -0.497 e. The average Bonchev–Trinajstić information content (AvgIpc) is 2.88. The largest absolute Gasteiger partial charge is 0.497 e. The Hall–Kier alpha value is -3.84. The molecule has 2 N–H and O–H groups in total. The van der Waals surface area contributed by atoms with Crippen LogP contribution in [0.5, 0.6) is 11.5 Å². The molecular formula is C28H30ClN3O4. The summed E-state index contributed by atoms with van der Waals surface area (Å²) < 4.78 is 11.0. The number of carbonyl (C=O) groups is 2. The molecule has 188 valence electrons. The standard InChI is InChI=1S/C28H30ClN3O4/c1-19(2)16-26(31-27(33)22-8-10-23(29)11-9-22)28(34)32-30-17-20-4-14-25(15-5-20)36-18-21-6-12-24(35-3)13-7-21/h4-15,17,19,26H,16,18H2,1-3H3,(H,31,33)(H,32,34)/b30-17+. The van der Waals surface area contributed by atoms with Crippen molar-refractivity contribution in [1.82, 2.24) is 10.7 Å². The highest BCUT2D eigenvalue weighted by atomic mass is 35.5. The van der Waals surface area contributed by atoms with Crippen LogP contribution >= 0.6 is 11.6 Å². The molecule has 0 radical (unpaired) electrons. The summed E-state index contributed by atoms with van der Waals surface area (Å²) in [5.41, 5.74) is 4.78. The Morgan fingerprint density at radius 3 is 2.19 bits per heavy atom. The molecule has 7 nitrogen and oxygen atoms in total. The molecular weight excluding hydrogens is 478 g/mol. The van der Waals surface area contributed by atoms with E-state index in [1.165, 1.54) is 0 Å². The van der Waals surface area contributed by atoms with E-state index in [1.54, 1.807) is 37.6 Å². The maximum Gasteiger partial charge on any atom is 0.262 e. The zero-order valence-electron chi connectivity index (χ0n) is 20.5. The Kier molecular flexibility index (Phi) is 9.89. The minimum absolute atomic E-state index is 0.195. The zero-order chi connectivity index (χ0) is 25.9. The van der Waals surface area contributed by atoms with Crippen molar-refractivity contribution in [1.29, 1.82) is 0 Å². The van der Waals surface area contributed by atoms with E-state index >= 15 is 0 Å². The predicted molar refractivity (Wildman–Crippen MR) is 142 cm³/mol. The molecule has 1 unspecified atom stereocenters. The molecule has 2 amide bonds. The van der Waals surface area contributed by atoms with Gasteiger partial charge in [0.05, 0.1) is 13.3 Å². The second kappa shape index (κ2) is 13.3. The fraction of sp³-hybridized carbons (Fsp3) is 0.250. The van der Waals surface area contributed by atoms with Crippen LogP contribution in [0.3, 0.4) is 0 Å². The van der Waals surface area contributed by atoms with Gasteiger partial charge in [-0.15, -0.1) is 0 Å². The van der Waals surface area contributed by atoms with E-state index in [0.717, 1.165) is 16.9 Å². The van der Waals surface area contributed by atoms with Crippen molar-refractivity contribution in [2.45, 2.75) is 32.9 Å². The molecule has 8 heteroatoms. The van der Waals surface area contributed by atoms with E-state index in [1.807, 2.05) is 62.4 Å². The van der Waals surface area contributed by atoms with Gasteiger partial charge >= 0.3 is 0 Å². The highest BCUT2D eigenvalue weighted by molar-refractivity contribution is 6.30. The molecule has 0 spiro atoms. The van der Waals surface area contributed by atoms with Crippen LogP contribution in [0.25, 0.3) is 0 Å². The molecule has 0 aliphatic carbocycles. The van der Waals surface area contributed by atoms with Crippen molar-refractivity contribution in [2.75, 3.05) is 7.11 Å². The minimum atomic E-state index is -0.723. The summed E-state index contributed by atoms with van der Waals surface area (Å²) in [5.74, 6) is 0.979. The number of nitrogens with one attached hydrogen (secondary N) is 2. The highest BCUT2D eigenvalue weighted by Gasteiger charge is 2.22. The Bertz CT molecular complexity index is 1160. The molecule has 1 atom stereocenters. The van der Waals surface area contributed by atoms with Crippen LogP contribution in [0.15, 0.2) is 77.9 Å². The van der Waals surface area contributed by atoms with E-state index in [4.69, 9.17) is 21.1 Å². The van der Waals surface area contributed by atoms with Gasteiger partial charge in [-0.05, 0) is 84.1 Å². The van der Waals surface area contributed by atoms with Crippen molar-refractivity contribution in [3.05, 3.63) is 94.5 Å². The fourth-order valence-electron chi connectivity index (χ4n) is 3.33. The highest BCUT2D eigenvalue weighted by Crippen LogP contribution is 2.16. The molecule has 0 aliphatic rings. The average molecular weight is 508 g/mol. The van der Waals surface area contributed by atoms with E-state index in [2.05, 4.69) is 15.8 Å². The number of nitrogens with zero attached hydrogens (tertiary/aromatic N) is 1. The first-order chi connectivity index (χ1) is 17.3. The molecule has 36 heavy (non-hydrogen) atoms. The Balaban J connectivity index is 1.52. The number of methoxy groups -OCH3 is 1. The number of halogens is 1. The zero-order valence-corrected chi connectivity index (χ0v) is 21.3. The summed E-state index contributed by atoms with van der Waals surface area (Å²) in [6.07, 6.45) is 2.01. The molecule has 3 rings (SSSR count). The summed E-state index contributed by atoms with van der Waals surface area (Å²) in [6.45, 7) is 4.40. The number of carbonyl (C=O) groups excluding carboxylic acids is 2. The van der Waals surface area contributed by atoms with Gasteiger partial charge in [0.2, 0.25) is 0 Å². The summed E-state index contributed by atoms with van der Waals surface area (Å²) in [4.78, 5) is 25.3. The third kappa shape index (κ3) is 8.43. The van der Waals surface area contributed by atoms with Crippen molar-refractivity contribution >= 4 is 29.6 Å². The summed E-state index contributed by atoms with van der Waals surface area (Å²) in [6, 6.07) is 20.8. The van der Waals surface area contributed by atoms with Crippen LogP contribution in [0.2, 0.25) is 5.02 Å². The van der Waals surface area contributed by atoms with Gasteiger partial charge in [0.25, 0.3) is 11.8 Å². The molecule has 0 saturated heterocycles. The van der Waals surface area contributed by atoms with E-state index in [-0.39, 0.29) is 17.7 Å². The number of ether oxygens (including phenoxy) is 2. The number of benzene rings is 3. The van der Waals surface area contributed by atoms with Gasteiger partial charge in [0.1, 0.15) is 24.1 Å². The number of hydrogen-bond donors (Lipinski definition) is 2. The lowest BCUT2D eigenvalue weighted by atomic mass is 10.0. The normalized spacial score (nSPS) is 11.8. The van der Waals surface area contributed by atoms with Gasteiger partial charge in [0, 0.05) is 10.6 Å². The van der Waals surface area contributed by atoms with Gasteiger partial charge in [-0.2, -0.15) is 5.10 Å². The van der Waals surface area contributed by atoms with Crippen molar-refractivity contribution < 1.29 is 19.1 Å². The van der Waals surface area contributed by atoms with Crippen molar-refractivity contribution in [2.24, 2.45) is 11.0 Å². The molecule has 0 saturated carbocycles. The number of rotatable bonds is 11. The summed E-state index contributed by atoms with van der Waals surface area (Å²) >= 11 is 5.89. The van der Waals surface area contributed by atoms with Crippen molar-refractivity contribution in [3.63, 3.8) is 0 Å². The van der Waals surface area contributed by atoms with Crippen LogP contribution in [0.1, 0.15) is 41.8 Å². The van der Waals surface area contributed by atoms with E-state index in [9.17, 15) is 9.59 Å². The molecule has 0 aliphatic heterocycles. The smallest absolute Gasteiger partial charge is 0.262 e. The number of hydrazone groups is 1. The second-order valence-electron chi connectivity index (χ2n) is 8.60. The van der Waals surface area contributed by atoms with Gasteiger partial charge in [-0.3, -0.25) is 9.59 Å². The lowest BCUT2D eigenvalue weighted by Crippen LogP contribution is -2.46. The van der Waals surface area contributed by atoms with Crippen LogP contribution in [-0.2, 0) is 11.4 Å². The Morgan fingerprint density at radius 2 is 1.58 bits per heavy atom. The van der Waals surface area contributed by atoms with Gasteiger partial charge in [0.15, 0.2) is 0 Å². The first-order valence-corrected chi connectivity index (χ1v) is 12.0. The lowest BCUT2D eigenvalue weighted by molar-refractivity contribution is -0.123. The Labute approximate surface area is 216 Å². The summed E-state index contributed by atoms with van der Waals surface area (Å²) in [5, 5.41) is 7.37. The van der Waals surface area contributed by atoms with E-state index < -0.39 is 6.04 Å². The number of hydrogen-bond acceptors (Lipinski definition) is 5. The second-order valence-corrected chi connectivity index (χ2v) is 9.04. The van der Waals surface area contributed by atoms with Crippen LogP contribution in [0, 0.1) is 5.92 Å². The molecule has 0 heterocycles. The quantitative estimate of drug-likeness (QED) is 0.275. The molecule has 3 aromatic carbocycles. The third-order valence-corrected chi connectivity index (χ3v) is 5.52. The van der Waals surface area contributed by atoms with Crippen molar-refractivity contribution in [3.8, 4) is 11.5 Å². The van der Waals surface area contributed by atoms with Gasteiger partial charge in [-0.1, -0.05) is 37.6 Å². The van der Waals surface area contributed by atoms with Gasteiger partial charge < -0.3 is 14.8 Å². The van der Waals surface area contributed by atoms with Gasteiger partial charge in [-0.25, -0.2) is 5.43 Å². The maximum absolute atomic E-state index is 12.7. The van der Waals surface area contributed by atoms with Crippen LogP contribution in [0.4, 0.5) is 0 Å². The molecule has 0 aromatic heterocycles. The summed E-state index contributed by atoms with van der Waals surface area (Å²) in [7, 11) is 1.63. The Morgan fingerprint density at radius 1 is 0.944 bits per heavy atom. The third-order valence-electron chi connectivity index (χ3n) is 5.27. The first kappa shape index (κ1) is 26.8. The molecule has 3 aromatic rings. The fourth-order valence-corrected chi connectivity index (χ4v) is 3.46. The lowest BCUT2D eigenvalue weighted by Gasteiger charge is -2.19. The molecule has 0 fully saturated rings. The van der Waals surface area contributed by atoms with Crippen LogP contribution < -0.4 is 20.2 Å². The van der Waals surface area contributed by atoms with E-state index in [0.29, 0.717) is 29.4 Å². The molecule has 0 bridgehead atoms. The predicted octanol–water partition coefficient (Wildman–Crippen LogP) is 5.22. The number of amides is 2. The maximum atomic E-state index is 12.7. The topological polar surface area (TPSA) is 89.0 Å².